The third-order valence-corrected chi connectivity index (χ3v) is 22.1. The first kappa shape index (κ1) is 67.0. The lowest BCUT2D eigenvalue weighted by atomic mass is 9.70. The predicted octanol–water partition coefficient (Wildman–Crippen LogP) is 10.8. The van der Waals surface area contributed by atoms with Crippen LogP contribution in [0.4, 0.5) is 4.79 Å². The summed E-state index contributed by atoms with van der Waals surface area (Å²) in [5, 5.41) is 0. The molecule has 462 valence electrons. The van der Waals surface area contributed by atoms with Crippen LogP contribution in [0.3, 0.4) is 0 Å². The first-order chi connectivity index (χ1) is 39.5. The van der Waals surface area contributed by atoms with Crippen molar-refractivity contribution in [3.63, 3.8) is 0 Å². The van der Waals surface area contributed by atoms with Gasteiger partial charge in [0, 0.05) is 56.5 Å². The Morgan fingerprint density at radius 2 is 1.31 bits per heavy atom. The Hall–Kier alpha value is -5.16. The van der Waals surface area contributed by atoms with Gasteiger partial charge in [-0.25, -0.2) is 14.4 Å². The van der Waals surface area contributed by atoms with Crippen molar-refractivity contribution in [1.82, 2.24) is 0 Å². The van der Waals surface area contributed by atoms with Gasteiger partial charge in [-0.3, -0.25) is 4.79 Å². The number of hydrogen-bond acceptors (Lipinski definition) is 19. The van der Waals surface area contributed by atoms with Crippen molar-refractivity contribution in [2.24, 2.45) is 10.8 Å². The minimum absolute atomic E-state index is 0.00229. The smallest absolute Gasteiger partial charge is 0.497 e. The van der Waals surface area contributed by atoms with Crippen molar-refractivity contribution >= 4 is 32.4 Å². The van der Waals surface area contributed by atoms with E-state index in [0.717, 1.165) is 40.6 Å². The van der Waals surface area contributed by atoms with E-state index in [1.165, 1.54) is 40.6 Å². The Morgan fingerprint density at radius 3 is 1.88 bits per heavy atom. The lowest BCUT2D eigenvalue weighted by Gasteiger charge is -2.56. The van der Waals surface area contributed by atoms with Crippen LogP contribution in [-0.4, -0.2) is 149 Å². The number of ether oxygens (including phenoxy) is 14. The Balaban J connectivity index is 1.55. The molecule has 6 rings (SSSR count). The molecule has 4 heterocycles. The molecule has 2 aromatic rings. The molecule has 0 aliphatic carbocycles. The summed E-state index contributed by atoms with van der Waals surface area (Å²) in [7, 11) is 7.58. The molecule has 6 bridgehead atoms. The molecule has 0 radical (unpaired) electrons. The number of hydrogen-bond donors (Lipinski definition) is 0. The van der Waals surface area contributed by atoms with Crippen molar-refractivity contribution in [3.8, 4) is 11.5 Å². The summed E-state index contributed by atoms with van der Waals surface area (Å²) in [6, 6.07) is 17.7. The number of carbonyl (C=O) groups is 4. The quantitative estimate of drug-likeness (QED) is 0.0421. The first-order valence-electron chi connectivity index (χ1n) is 29.0. The molecule has 4 aliphatic heterocycles. The van der Waals surface area contributed by atoms with E-state index in [9.17, 15) is 14.4 Å². The van der Waals surface area contributed by atoms with Crippen LogP contribution in [-0.2, 0) is 88.9 Å². The molecule has 3 fully saturated rings. The predicted molar refractivity (Wildman–Crippen MR) is 310 cm³/mol. The van der Waals surface area contributed by atoms with Gasteiger partial charge in [0.05, 0.1) is 97.9 Å². The van der Waals surface area contributed by atoms with Crippen LogP contribution < -0.4 is 9.47 Å². The van der Waals surface area contributed by atoms with E-state index < -0.39 is 110 Å². The monoisotopic (exact) mass is 1180 g/mol. The zero-order valence-corrected chi connectivity index (χ0v) is 52.6. The summed E-state index contributed by atoms with van der Waals surface area (Å²) >= 11 is 0. The molecule has 0 unspecified atom stereocenters. The fourth-order valence-corrected chi connectivity index (χ4v) is 15.0. The number of carbonyl (C=O) groups excluding carboxylic acids is 4. The second kappa shape index (κ2) is 29.8. The van der Waals surface area contributed by atoms with E-state index in [-0.39, 0.29) is 50.9 Å². The molecule has 3 saturated heterocycles. The topological polar surface area (TPSA) is 207 Å². The molecule has 4 aliphatic rings. The highest BCUT2D eigenvalue weighted by molar-refractivity contribution is 6.73. The second-order valence-corrected chi connectivity index (χ2v) is 27.9. The molecular weight excluding hydrogens is 1090 g/mol. The zero-order chi connectivity index (χ0) is 60.8. The summed E-state index contributed by atoms with van der Waals surface area (Å²) in [6.45, 7) is 16.5. The lowest BCUT2D eigenvalue weighted by Crippen LogP contribution is -2.63. The van der Waals surface area contributed by atoms with Crippen LogP contribution in [0.25, 0.3) is 0 Å². The Labute approximate surface area is 492 Å². The van der Waals surface area contributed by atoms with Crippen molar-refractivity contribution in [1.29, 1.82) is 0 Å². The maximum Gasteiger partial charge on any atom is 0.508 e. The number of fused-ring (bicyclic) bond motifs is 6. The molecule has 0 N–H and O–H groups in total. The van der Waals surface area contributed by atoms with Gasteiger partial charge in [0.25, 0.3) is 0 Å². The molecular formula is C63H92O19Si. The van der Waals surface area contributed by atoms with Crippen LogP contribution in [0.1, 0.15) is 118 Å². The maximum absolute atomic E-state index is 15.1. The lowest BCUT2D eigenvalue weighted by molar-refractivity contribution is -0.362. The van der Waals surface area contributed by atoms with Gasteiger partial charge in [-0.2, -0.15) is 0 Å². The summed E-state index contributed by atoms with van der Waals surface area (Å²) < 4.78 is 94.7. The molecule has 83 heavy (non-hydrogen) atoms. The Bertz CT molecular complexity index is 2530. The van der Waals surface area contributed by atoms with Crippen LogP contribution in [0, 0.1) is 10.8 Å². The van der Waals surface area contributed by atoms with Crippen molar-refractivity contribution in [2.45, 2.75) is 205 Å². The van der Waals surface area contributed by atoms with Crippen molar-refractivity contribution in [2.75, 3.05) is 49.8 Å². The molecule has 0 saturated carbocycles. The molecule has 0 spiro atoms. The highest BCUT2D eigenvalue weighted by Gasteiger charge is 2.61. The highest BCUT2D eigenvalue weighted by atomic mass is 28.4. The van der Waals surface area contributed by atoms with Gasteiger partial charge in [-0.15, -0.1) is 0 Å². The van der Waals surface area contributed by atoms with Crippen LogP contribution in [0.15, 0.2) is 84.0 Å². The Morgan fingerprint density at radius 1 is 0.699 bits per heavy atom. The van der Waals surface area contributed by atoms with E-state index >= 15 is 4.79 Å². The average molecular weight is 1180 g/mol. The number of methoxy groups -OCH3 is 7. The average Bonchev–Trinajstić information content (AvgIpc) is 1.63. The zero-order valence-electron chi connectivity index (χ0n) is 51.6. The fraction of sp³-hybridized carbons (Fsp3) is 0.651. The van der Waals surface area contributed by atoms with E-state index in [1.54, 1.807) is 21.3 Å². The van der Waals surface area contributed by atoms with Gasteiger partial charge in [-0.1, -0.05) is 90.5 Å². The third kappa shape index (κ3) is 16.4. The molecule has 0 aromatic heterocycles. The van der Waals surface area contributed by atoms with E-state index in [4.69, 9.17) is 70.7 Å². The molecule has 11 atom stereocenters. The minimum atomic E-state index is -2.45. The normalized spacial score (nSPS) is 30.2. The number of esters is 3. The molecule has 0 amide bonds. The van der Waals surface area contributed by atoms with E-state index in [0.29, 0.717) is 25.0 Å². The summed E-state index contributed by atoms with van der Waals surface area (Å²) in [5.74, 6) is -3.65. The van der Waals surface area contributed by atoms with Gasteiger partial charge >= 0.3 is 24.1 Å². The van der Waals surface area contributed by atoms with Gasteiger partial charge in [0.15, 0.2) is 20.2 Å². The number of cyclic esters (lactones) is 1. The van der Waals surface area contributed by atoms with Gasteiger partial charge in [-0.05, 0) is 91.7 Å². The van der Waals surface area contributed by atoms with Gasteiger partial charge in [0.2, 0.25) is 5.79 Å². The SMILES string of the molecule is CC[Si](CC)(CC)O[C@H]1CC(=O)O[C@@H]([C@@H](C)OCc2ccc(OC)cc2)C[C@@H]2C/C(=C\C(=O)OC)[C@H](OC(=O)OC)[C@@](OC)(O2)C(C)(C)/C=C\[C@H]2C/C(=C\C(=O)OC)C[C@@H](C[C@]3(OC)O[C@H](C1)C[C@H](OCc1ccc(OC)cc1)C3(C)C)O2. The van der Waals surface area contributed by atoms with Gasteiger partial charge < -0.3 is 70.7 Å². The molecule has 20 heteroatoms. The second-order valence-electron chi connectivity index (χ2n) is 23.2. The summed E-state index contributed by atoms with van der Waals surface area (Å²) in [6.07, 6.45) is -0.115. The van der Waals surface area contributed by atoms with Crippen LogP contribution in [0.5, 0.6) is 11.5 Å². The highest BCUT2D eigenvalue weighted by Crippen LogP contribution is 2.53. The molecule has 2 aromatic carbocycles. The number of benzene rings is 2. The molecule has 19 nitrogen and oxygen atoms in total. The number of rotatable bonds is 19. The van der Waals surface area contributed by atoms with Crippen LogP contribution >= 0.6 is 0 Å². The van der Waals surface area contributed by atoms with Crippen molar-refractivity contribution in [3.05, 3.63) is 95.1 Å². The van der Waals surface area contributed by atoms with Crippen LogP contribution in [0.2, 0.25) is 18.1 Å². The first-order valence-corrected chi connectivity index (χ1v) is 31.5. The van der Waals surface area contributed by atoms with Gasteiger partial charge in [0.1, 0.15) is 17.6 Å². The standard InChI is InChI=1S/C63H92O19Si/c1-16-83(17-2,18-3)82-51-34-50-36-54(76-40-43-21-25-47(69-10)26-22-43)61(7,8)62(73-14,80-50)38-52-30-44(31-55(64)70-11)29-48(77-52)27-28-60(5,6)63(74-15)58(79-59(67)72-13)45(33-56(65)71-12)32-49(81-63)35-53(78-57(66)37-51)41(4)75-39-42-19-23-46(68-9)24-20-42/h19-28,31,33,41,48-54,58H,16-18,29-30,32,34-40H2,1-15H3/b28-27-,44-31+,45-33+/t41-,48+,49+,50-,51-,52+,53-,54+,58+,62+,63-/m1/s1. The van der Waals surface area contributed by atoms with Crippen molar-refractivity contribution < 1.29 is 89.9 Å². The summed E-state index contributed by atoms with van der Waals surface area (Å²) in [5.41, 5.74) is 0.746. The minimum Gasteiger partial charge on any atom is -0.497 e. The fourth-order valence-electron chi connectivity index (χ4n) is 12.1. The Kier molecular flexibility index (Phi) is 24.0. The maximum atomic E-state index is 15.1. The third-order valence-electron chi connectivity index (χ3n) is 17.4. The van der Waals surface area contributed by atoms with E-state index in [1.807, 2.05) is 81.5 Å². The largest absolute Gasteiger partial charge is 0.508 e. The summed E-state index contributed by atoms with van der Waals surface area (Å²) in [4.78, 5) is 54.9. The van der Waals surface area contributed by atoms with E-state index in [2.05, 4.69) is 34.6 Å².